The second-order valence-electron chi connectivity index (χ2n) is 14.1. The number of hydrogen-bond donors (Lipinski definition) is 1. The molecular formula is C44H63ClFN4+. The Morgan fingerprint density at radius 2 is 1.72 bits per heavy atom. The first-order valence-electron chi connectivity index (χ1n) is 17.9. The number of nitrogens with zero attached hydrogens (tertiary/aromatic N) is 3. The number of halogens is 2. The molecule has 0 saturated carbocycles. The fraction of sp³-hybridized carbons (Fsp3) is 0.477. The molecule has 4 rings (SSSR count). The summed E-state index contributed by atoms with van der Waals surface area (Å²) in [5.74, 6) is -0.316. The normalized spacial score (nSPS) is 17.4. The maximum atomic E-state index is 15.8. The molecule has 1 N–H and O–H groups in total. The SMILES string of the molecule is C#C.C=Cc1ccc(N(C)C(C(C)C)N2CC(c3cccc(Cl)c3F)C(C#[N+]c3cccc(C)c3)C2CC(C)(C)C)c(CC)c1.CC.CNC. The summed E-state index contributed by atoms with van der Waals surface area (Å²) in [6.07, 6.45) is 11.8. The van der Waals surface area contributed by atoms with E-state index in [9.17, 15) is 0 Å². The van der Waals surface area contributed by atoms with Gasteiger partial charge in [-0.1, -0.05) is 110 Å². The van der Waals surface area contributed by atoms with Gasteiger partial charge in [0.1, 0.15) is 11.7 Å². The Hall–Kier alpha value is -3.61. The van der Waals surface area contributed by atoms with Crippen LogP contribution in [0.1, 0.15) is 90.0 Å². The van der Waals surface area contributed by atoms with E-state index in [-0.39, 0.29) is 40.3 Å². The lowest BCUT2D eigenvalue weighted by molar-refractivity contribution is 0.102. The van der Waals surface area contributed by atoms with Crippen molar-refractivity contribution in [2.75, 3.05) is 32.6 Å². The number of aryl methyl sites for hydroxylation is 2. The van der Waals surface area contributed by atoms with Gasteiger partial charge in [0.05, 0.1) is 11.2 Å². The highest BCUT2D eigenvalue weighted by Crippen LogP contribution is 2.46. The van der Waals surface area contributed by atoms with Crippen molar-refractivity contribution >= 4 is 29.1 Å². The van der Waals surface area contributed by atoms with Crippen molar-refractivity contribution in [1.29, 1.82) is 0 Å². The highest BCUT2D eigenvalue weighted by atomic mass is 35.5. The van der Waals surface area contributed by atoms with Gasteiger partial charge in [-0.15, -0.1) is 12.8 Å². The van der Waals surface area contributed by atoms with Crippen LogP contribution in [0, 0.1) is 48.9 Å². The minimum absolute atomic E-state index is 0.0360. The van der Waals surface area contributed by atoms with Gasteiger partial charge in [0.2, 0.25) is 0 Å². The van der Waals surface area contributed by atoms with Crippen LogP contribution in [0.25, 0.3) is 10.9 Å². The zero-order valence-corrected chi connectivity index (χ0v) is 33.6. The van der Waals surface area contributed by atoms with Crippen molar-refractivity contribution in [2.45, 2.75) is 93.3 Å². The quantitative estimate of drug-likeness (QED) is 0.236. The number of terminal acetylenes is 1. The molecule has 1 heterocycles. The summed E-state index contributed by atoms with van der Waals surface area (Å²) in [4.78, 5) is 9.92. The monoisotopic (exact) mass is 701 g/mol. The molecule has 4 atom stereocenters. The van der Waals surface area contributed by atoms with E-state index in [2.05, 4.69) is 126 Å². The van der Waals surface area contributed by atoms with Gasteiger partial charge in [0, 0.05) is 43.4 Å². The molecule has 0 spiro atoms. The third-order valence-electron chi connectivity index (χ3n) is 8.66. The third kappa shape index (κ3) is 12.0. The number of benzene rings is 3. The summed E-state index contributed by atoms with van der Waals surface area (Å²) in [5, 5.41) is 2.91. The van der Waals surface area contributed by atoms with Crippen LogP contribution in [0.4, 0.5) is 15.8 Å². The first-order chi connectivity index (χ1) is 23.8. The van der Waals surface area contributed by atoms with Gasteiger partial charge in [0.15, 0.2) is 0 Å². The zero-order chi connectivity index (χ0) is 38.2. The zero-order valence-electron chi connectivity index (χ0n) is 32.8. The lowest BCUT2D eigenvalue weighted by Gasteiger charge is -2.44. The standard InChI is InChI=1S/C38H48ClFN3.C2H7N.C2H6.C2H2/c1-10-27-18-19-34(28(11-2)21-27)42(9)37(25(3)4)43-24-32(30-16-13-17-33(39)36(30)40)31(35(43)22-38(6,7)8)23-41-29-15-12-14-26(5)20-29;1-3-2;2*1-2/h10,12-21,25,31-32,35,37H,1,11,22,24H2,2-9H3;3H,1-2H3;1-2H3;1-2H/q+1;;;. The van der Waals surface area contributed by atoms with Crippen molar-refractivity contribution in [3.63, 3.8) is 0 Å². The van der Waals surface area contributed by atoms with E-state index >= 15 is 4.39 Å². The summed E-state index contributed by atoms with van der Waals surface area (Å²) in [6, 6.07) is 23.8. The molecule has 1 aliphatic heterocycles. The highest BCUT2D eigenvalue weighted by Gasteiger charge is 2.50. The lowest BCUT2D eigenvalue weighted by Crippen LogP contribution is -2.53. The summed E-state index contributed by atoms with van der Waals surface area (Å²) in [7, 11) is 5.95. The van der Waals surface area contributed by atoms with Crippen LogP contribution >= 0.6 is 11.6 Å². The van der Waals surface area contributed by atoms with Crippen molar-refractivity contribution in [3.05, 3.63) is 105 Å². The fourth-order valence-corrected chi connectivity index (χ4v) is 6.98. The van der Waals surface area contributed by atoms with Gasteiger partial charge in [-0.25, -0.2) is 4.39 Å². The van der Waals surface area contributed by atoms with E-state index in [1.807, 2.05) is 58.3 Å². The maximum Gasteiger partial charge on any atom is 0.340 e. The molecular weight excluding hydrogens is 639 g/mol. The van der Waals surface area contributed by atoms with Crippen LogP contribution in [0.15, 0.2) is 67.2 Å². The van der Waals surface area contributed by atoms with E-state index in [1.54, 1.807) is 6.07 Å². The van der Waals surface area contributed by atoms with Gasteiger partial charge >= 0.3 is 5.69 Å². The third-order valence-corrected chi connectivity index (χ3v) is 8.95. The van der Waals surface area contributed by atoms with E-state index in [4.69, 9.17) is 16.4 Å². The van der Waals surface area contributed by atoms with E-state index in [1.165, 1.54) is 11.3 Å². The minimum atomic E-state index is -0.337. The summed E-state index contributed by atoms with van der Waals surface area (Å²) < 4.78 is 15.8. The van der Waals surface area contributed by atoms with Crippen LogP contribution in [0.3, 0.4) is 0 Å². The Kier molecular flexibility index (Phi) is 19.2. The molecule has 1 saturated heterocycles. The number of rotatable bonds is 8. The lowest BCUT2D eigenvalue weighted by atomic mass is 9.79. The highest BCUT2D eigenvalue weighted by molar-refractivity contribution is 6.30. The van der Waals surface area contributed by atoms with Gasteiger partial charge in [-0.05, 0) is 90.5 Å². The second kappa shape index (κ2) is 21.6. The van der Waals surface area contributed by atoms with Gasteiger partial charge in [-0.3, -0.25) is 4.90 Å². The number of hydrogen-bond acceptors (Lipinski definition) is 3. The number of nitrogens with one attached hydrogen (secondary N) is 1. The van der Waals surface area contributed by atoms with Crippen molar-refractivity contribution in [3.8, 4) is 18.9 Å². The predicted octanol–water partition coefficient (Wildman–Crippen LogP) is 11.7. The molecule has 1 fully saturated rings. The van der Waals surface area contributed by atoms with Gasteiger partial charge in [0.25, 0.3) is 6.07 Å². The second-order valence-corrected chi connectivity index (χ2v) is 14.5. The smallest absolute Gasteiger partial charge is 0.340 e. The van der Waals surface area contributed by atoms with Crippen LogP contribution in [-0.2, 0) is 6.42 Å². The van der Waals surface area contributed by atoms with Crippen LogP contribution in [0.2, 0.25) is 5.02 Å². The Labute approximate surface area is 309 Å². The summed E-state index contributed by atoms with van der Waals surface area (Å²) in [6.45, 7) is 24.3. The predicted molar refractivity (Wildman–Crippen MR) is 219 cm³/mol. The molecule has 0 radical (unpaired) electrons. The average molecular weight is 702 g/mol. The molecule has 4 unspecified atom stereocenters. The molecule has 6 heteroatoms. The molecule has 3 aromatic rings. The molecule has 0 amide bonds. The average Bonchev–Trinajstić information content (AvgIpc) is 3.42. The topological polar surface area (TPSA) is 22.9 Å². The van der Waals surface area contributed by atoms with E-state index in [0.29, 0.717) is 18.0 Å². The van der Waals surface area contributed by atoms with Crippen LogP contribution in [0.5, 0.6) is 0 Å². The molecule has 0 aromatic heterocycles. The van der Waals surface area contributed by atoms with E-state index in [0.717, 1.165) is 29.7 Å². The first-order valence-corrected chi connectivity index (χ1v) is 18.3. The molecule has 50 heavy (non-hydrogen) atoms. The Balaban J connectivity index is 0.00000166. The Bertz CT molecular complexity index is 1560. The molecule has 272 valence electrons. The molecule has 0 aliphatic carbocycles. The van der Waals surface area contributed by atoms with Gasteiger partial charge < -0.3 is 10.2 Å². The van der Waals surface area contributed by atoms with Crippen molar-refractivity contribution in [1.82, 2.24) is 10.2 Å². The summed E-state index contributed by atoms with van der Waals surface area (Å²) >= 11 is 6.36. The number of likely N-dealkylation sites (tertiary alicyclic amines) is 1. The largest absolute Gasteiger partial charge is 0.358 e. The Morgan fingerprint density at radius 3 is 2.26 bits per heavy atom. The van der Waals surface area contributed by atoms with Crippen molar-refractivity contribution in [2.24, 2.45) is 17.3 Å². The maximum absolute atomic E-state index is 15.8. The first kappa shape index (κ1) is 44.4. The van der Waals surface area contributed by atoms with Crippen molar-refractivity contribution < 1.29 is 4.39 Å². The van der Waals surface area contributed by atoms with Crippen LogP contribution < -0.4 is 10.2 Å². The van der Waals surface area contributed by atoms with Gasteiger partial charge in [-0.2, -0.15) is 0 Å². The molecule has 3 aromatic carbocycles. The number of anilines is 1. The minimum Gasteiger partial charge on any atom is -0.358 e. The summed E-state index contributed by atoms with van der Waals surface area (Å²) in [5.41, 5.74) is 6.32. The molecule has 1 aliphatic rings. The fourth-order valence-electron chi connectivity index (χ4n) is 6.80. The molecule has 4 nitrogen and oxygen atoms in total. The van der Waals surface area contributed by atoms with Crippen LogP contribution in [-0.4, -0.2) is 44.8 Å². The van der Waals surface area contributed by atoms with E-state index < -0.39 is 0 Å². The Morgan fingerprint density at radius 1 is 1.10 bits per heavy atom. The molecule has 0 bridgehead atoms.